The monoisotopic (exact) mass is 213 g/mol. The molecule has 1 rings (SSSR count). The maximum Gasteiger partial charge on any atom is 0.241 e. The van der Waals surface area contributed by atoms with Crippen LogP contribution in [0.5, 0.6) is 5.75 Å². The summed E-state index contributed by atoms with van der Waals surface area (Å²) in [5, 5.41) is 22.6. The van der Waals surface area contributed by atoms with Crippen LogP contribution < -0.4 is 10.9 Å². The number of rotatable bonds is 1. The Labute approximate surface area is 80.4 Å². The van der Waals surface area contributed by atoms with Crippen molar-refractivity contribution in [1.82, 2.24) is 0 Å². The second-order valence-electron chi connectivity index (χ2n) is 2.53. The third kappa shape index (κ3) is 1.61. The molecule has 0 heterocycles. The minimum atomic E-state index is -4.11. The number of nitriles is 1. The first-order valence-electron chi connectivity index (χ1n) is 3.42. The zero-order chi connectivity index (χ0) is 10.9. The van der Waals surface area contributed by atoms with E-state index < -0.39 is 26.4 Å². The van der Waals surface area contributed by atoms with Gasteiger partial charge in [-0.15, -0.1) is 0 Å². The van der Waals surface area contributed by atoms with E-state index in [9.17, 15) is 8.42 Å². The zero-order valence-corrected chi connectivity index (χ0v) is 7.75. The van der Waals surface area contributed by atoms with Gasteiger partial charge in [0.15, 0.2) is 0 Å². The lowest BCUT2D eigenvalue weighted by Crippen LogP contribution is -2.16. The van der Waals surface area contributed by atoms with Crippen LogP contribution in [-0.2, 0) is 10.0 Å². The number of aromatic hydroxyl groups is 1. The summed E-state index contributed by atoms with van der Waals surface area (Å²) < 4.78 is 22.0. The van der Waals surface area contributed by atoms with Gasteiger partial charge in [0.05, 0.1) is 11.3 Å². The summed E-state index contributed by atoms with van der Waals surface area (Å²) in [7, 11) is -4.11. The molecule has 5 N–H and O–H groups in total. The molecule has 0 aromatic heterocycles. The van der Waals surface area contributed by atoms with Gasteiger partial charge in [-0.25, -0.2) is 13.6 Å². The van der Waals surface area contributed by atoms with Gasteiger partial charge >= 0.3 is 0 Å². The number of nitrogen functional groups attached to an aromatic ring is 1. The first-order chi connectivity index (χ1) is 6.38. The lowest BCUT2D eigenvalue weighted by molar-refractivity contribution is 0.476. The van der Waals surface area contributed by atoms with Gasteiger partial charge in [0, 0.05) is 0 Å². The Kier molecular flexibility index (Phi) is 2.33. The summed E-state index contributed by atoms with van der Waals surface area (Å²) in [6.07, 6.45) is 0. The number of phenols is 1. The van der Waals surface area contributed by atoms with E-state index in [-0.39, 0.29) is 5.56 Å². The molecule has 14 heavy (non-hydrogen) atoms. The number of benzene rings is 1. The predicted octanol–water partition coefficient (Wildman–Crippen LogP) is -0.507. The first-order valence-corrected chi connectivity index (χ1v) is 4.97. The van der Waals surface area contributed by atoms with Gasteiger partial charge in [0.1, 0.15) is 16.7 Å². The van der Waals surface area contributed by atoms with E-state index in [4.69, 9.17) is 21.2 Å². The van der Waals surface area contributed by atoms with Gasteiger partial charge in [-0.3, -0.25) is 0 Å². The van der Waals surface area contributed by atoms with Gasteiger partial charge in [0.25, 0.3) is 0 Å². The summed E-state index contributed by atoms with van der Waals surface area (Å²) in [5.74, 6) is -0.423. The number of sulfonamides is 1. The van der Waals surface area contributed by atoms with E-state index in [0.29, 0.717) is 0 Å². The summed E-state index contributed by atoms with van der Waals surface area (Å²) in [6, 6.07) is 3.88. The zero-order valence-electron chi connectivity index (χ0n) is 6.93. The molecule has 0 spiro atoms. The van der Waals surface area contributed by atoms with Crippen LogP contribution in [0.2, 0.25) is 0 Å². The fraction of sp³-hybridized carbons (Fsp3) is 0. The SMILES string of the molecule is N#Cc1ccc(O)c(N)c1S(N)(=O)=O. The number of anilines is 1. The lowest BCUT2D eigenvalue weighted by atomic mass is 10.2. The number of hydrogen-bond donors (Lipinski definition) is 3. The summed E-state index contributed by atoms with van der Waals surface area (Å²) >= 11 is 0. The minimum Gasteiger partial charge on any atom is -0.506 e. The Morgan fingerprint density at radius 1 is 1.43 bits per heavy atom. The van der Waals surface area contributed by atoms with Crippen molar-refractivity contribution in [3.8, 4) is 11.8 Å². The molecule has 1 aromatic carbocycles. The average Bonchev–Trinajstić information content (AvgIpc) is 2.07. The quantitative estimate of drug-likeness (QED) is 0.427. The predicted molar refractivity (Wildman–Crippen MR) is 48.6 cm³/mol. The molecule has 0 amide bonds. The Hall–Kier alpha value is -1.78. The second kappa shape index (κ2) is 3.17. The molecule has 7 heteroatoms. The van der Waals surface area contributed by atoms with Crippen LogP contribution in [-0.4, -0.2) is 13.5 Å². The van der Waals surface area contributed by atoms with Crippen molar-refractivity contribution in [3.63, 3.8) is 0 Å². The van der Waals surface area contributed by atoms with Gasteiger partial charge in [0.2, 0.25) is 10.0 Å². The third-order valence-electron chi connectivity index (χ3n) is 1.58. The van der Waals surface area contributed by atoms with E-state index >= 15 is 0 Å². The lowest BCUT2D eigenvalue weighted by Gasteiger charge is -2.06. The molecule has 0 atom stereocenters. The molecular weight excluding hydrogens is 206 g/mol. The van der Waals surface area contributed by atoms with Crippen molar-refractivity contribution in [2.45, 2.75) is 4.90 Å². The summed E-state index contributed by atoms with van der Waals surface area (Å²) in [4.78, 5) is -0.542. The van der Waals surface area contributed by atoms with Crippen molar-refractivity contribution < 1.29 is 13.5 Å². The van der Waals surface area contributed by atoms with Gasteiger partial charge in [-0.1, -0.05) is 0 Å². The van der Waals surface area contributed by atoms with Gasteiger partial charge in [-0.05, 0) is 12.1 Å². The maximum atomic E-state index is 11.0. The fourth-order valence-electron chi connectivity index (χ4n) is 0.984. The van der Waals surface area contributed by atoms with Crippen LogP contribution in [0.1, 0.15) is 5.56 Å². The number of phenolic OH excluding ortho intramolecular Hbond substituents is 1. The van der Waals surface area contributed by atoms with Crippen LogP contribution in [0, 0.1) is 11.3 Å². The Bertz CT molecular complexity index is 516. The van der Waals surface area contributed by atoms with Crippen molar-refractivity contribution in [3.05, 3.63) is 17.7 Å². The van der Waals surface area contributed by atoms with E-state index in [2.05, 4.69) is 0 Å². The molecule has 0 fully saturated rings. The smallest absolute Gasteiger partial charge is 0.241 e. The first kappa shape index (κ1) is 10.3. The fourth-order valence-corrected chi connectivity index (χ4v) is 1.82. The second-order valence-corrected chi connectivity index (χ2v) is 4.03. The standard InChI is InChI=1S/C7H7N3O3S/c8-3-4-1-2-5(11)6(9)7(4)14(10,12)13/h1-2,11H,9H2,(H2,10,12,13). The van der Waals surface area contributed by atoms with Crippen LogP contribution in [0.4, 0.5) is 5.69 Å². The molecule has 0 saturated heterocycles. The normalized spacial score (nSPS) is 10.9. The van der Waals surface area contributed by atoms with Crippen LogP contribution >= 0.6 is 0 Å². The Morgan fingerprint density at radius 2 is 2.00 bits per heavy atom. The molecule has 0 unspecified atom stereocenters. The number of hydrogen-bond acceptors (Lipinski definition) is 5. The van der Waals surface area contributed by atoms with Crippen LogP contribution in [0.15, 0.2) is 17.0 Å². The molecule has 0 aliphatic rings. The summed E-state index contributed by atoms with van der Waals surface area (Å²) in [5.41, 5.74) is 4.68. The molecule has 0 aliphatic carbocycles. The highest BCUT2D eigenvalue weighted by Gasteiger charge is 2.20. The van der Waals surface area contributed by atoms with E-state index in [1.807, 2.05) is 0 Å². The van der Waals surface area contributed by atoms with Crippen molar-refractivity contribution in [2.75, 3.05) is 5.73 Å². The molecule has 0 saturated carbocycles. The summed E-state index contributed by atoms with van der Waals surface area (Å²) in [6.45, 7) is 0. The van der Waals surface area contributed by atoms with Crippen LogP contribution in [0.25, 0.3) is 0 Å². The molecule has 74 valence electrons. The largest absolute Gasteiger partial charge is 0.506 e. The number of nitrogens with two attached hydrogens (primary N) is 2. The Morgan fingerprint density at radius 3 is 2.43 bits per heavy atom. The average molecular weight is 213 g/mol. The van der Waals surface area contributed by atoms with E-state index in [0.717, 1.165) is 12.1 Å². The third-order valence-corrected chi connectivity index (χ3v) is 2.59. The van der Waals surface area contributed by atoms with Crippen molar-refractivity contribution >= 4 is 15.7 Å². The number of nitrogens with zero attached hydrogens (tertiary/aromatic N) is 1. The molecule has 1 aromatic rings. The molecule has 0 bridgehead atoms. The number of primary sulfonamides is 1. The highest BCUT2D eigenvalue weighted by atomic mass is 32.2. The van der Waals surface area contributed by atoms with Gasteiger partial charge in [-0.2, -0.15) is 5.26 Å². The minimum absolute atomic E-state index is 0.192. The molecular formula is C7H7N3O3S. The van der Waals surface area contributed by atoms with Crippen LogP contribution in [0.3, 0.4) is 0 Å². The maximum absolute atomic E-state index is 11.0. The van der Waals surface area contributed by atoms with Crippen molar-refractivity contribution in [2.24, 2.45) is 5.14 Å². The topological polar surface area (TPSA) is 130 Å². The molecule has 0 aliphatic heterocycles. The highest BCUT2D eigenvalue weighted by molar-refractivity contribution is 7.89. The highest BCUT2D eigenvalue weighted by Crippen LogP contribution is 2.29. The van der Waals surface area contributed by atoms with Crippen molar-refractivity contribution in [1.29, 1.82) is 5.26 Å². The van der Waals surface area contributed by atoms with E-state index in [1.54, 1.807) is 6.07 Å². The van der Waals surface area contributed by atoms with E-state index in [1.165, 1.54) is 0 Å². The molecule has 6 nitrogen and oxygen atoms in total. The van der Waals surface area contributed by atoms with Gasteiger partial charge < -0.3 is 10.8 Å². The molecule has 0 radical (unpaired) electrons. The Balaban J connectivity index is 3.72.